The third-order valence-corrected chi connectivity index (χ3v) is 5.15. The van der Waals surface area contributed by atoms with Crippen molar-refractivity contribution in [2.75, 3.05) is 19.7 Å². The summed E-state index contributed by atoms with van der Waals surface area (Å²) >= 11 is 0. The van der Waals surface area contributed by atoms with E-state index in [1.165, 1.54) is 19.3 Å². The number of hydrogen-bond donors (Lipinski definition) is 1. The molecular formula is C19H29NO2. The predicted molar refractivity (Wildman–Crippen MR) is 89.0 cm³/mol. The van der Waals surface area contributed by atoms with Crippen molar-refractivity contribution >= 4 is 0 Å². The summed E-state index contributed by atoms with van der Waals surface area (Å²) in [5.74, 6) is 0.829. The molecule has 0 radical (unpaired) electrons. The van der Waals surface area contributed by atoms with Crippen molar-refractivity contribution in [3.8, 4) is 5.75 Å². The zero-order valence-corrected chi connectivity index (χ0v) is 14.1. The lowest BCUT2D eigenvalue weighted by molar-refractivity contribution is 0.0585. The monoisotopic (exact) mass is 303 g/mol. The Morgan fingerprint density at radius 2 is 1.95 bits per heavy atom. The van der Waals surface area contributed by atoms with E-state index in [-0.39, 0.29) is 0 Å². The summed E-state index contributed by atoms with van der Waals surface area (Å²) in [5, 5.41) is 10.3. The normalized spacial score (nSPS) is 31.9. The van der Waals surface area contributed by atoms with Gasteiger partial charge in [0.05, 0.1) is 0 Å². The van der Waals surface area contributed by atoms with Gasteiger partial charge in [-0.05, 0) is 42.2 Å². The zero-order valence-electron chi connectivity index (χ0n) is 14.1. The Morgan fingerprint density at radius 3 is 2.68 bits per heavy atom. The van der Waals surface area contributed by atoms with Crippen molar-refractivity contribution in [3.63, 3.8) is 0 Å². The second-order valence-electron chi connectivity index (χ2n) is 8.42. The first-order valence-corrected chi connectivity index (χ1v) is 8.45. The molecule has 3 rings (SSSR count). The highest BCUT2D eigenvalue weighted by Gasteiger charge is 2.49. The molecular weight excluding hydrogens is 274 g/mol. The Kier molecular flexibility index (Phi) is 4.21. The lowest BCUT2D eigenvalue weighted by Gasteiger charge is -2.40. The van der Waals surface area contributed by atoms with Crippen LogP contribution in [0.5, 0.6) is 5.75 Å². The maximum Gasteiger partial charge on any atom is 0.119 e. The molecule has 0 aromatic heterocycles. The molecule has 3 nitrogen and oxygen atoms in total. The number of aliphatic hydroxyl groups is 1. The molecule has 1 saturated heterocycles. The topological polar surface area (TPSA) is 32.7 Å². The second-order valence-corrected chi connectivity index (χ2v) is 8.42. The molecule has 2 fully saturated rings. The van der Waals surface area contributed by atoms with Crippen LogP contribution in [0.15, 0.2) is 30.3 Å². The van der Waals surface area contributed by atoms with Crippen LogP contribution in [0.4, 0.5) is 0 Å². The van der Waals surface area contributed by atoms with Crippen molar-refractivity contribution in [2.24, 2.45) is 10.8 Å². The van der Waals surface area contributed by atoms with Gasteiger partial charge < -0.3 is 9.84 Å². The molecule has 1 aliphatic heterocycles. The van der Waals surface area contributed by atoms with Crippen LogP contribution >= 0.6 is 0 Å². The van der Waals surface area contributed by atoms with Crippen LogP contribution in [-0.4, -0.2) is 41.8 Å². The number of ether oxygens (including phenoxy) is 1. The lowest BCUT2D eigenvalue weighted by Crippen LogP contribution is -2.39. The van der Waals surface area contributed by atoms with Crippen molar-refractivity contribution in [1.29, 1.82) is 0 Å². The van der Waals surface area contributed by atoms with Gasteiger partial charge in [-0.1, -0.05) is 39.0 Å². The van der Waals surface area contributed by atoms with Gasteiger partial charge in [0.1, 0.15) is 18.5 Å². The van der Waals surface area contributed by atoms with E-state index in [0.717, 1.165) is 18.8 Å². The molecule has 22 heavy (non-hydrogen) atoms. The highest BCUT2D eigenvalue weighted by atomic mass is 16.5. The van der Waals surface area contributed by atoms with Gasteiger partial charge in [0.2, 0.25) is 0 Å². The standard InChI is InChI=1S/C19H29NO2/c1-18(2)9-15-10-19(3,13-18)14-20(15)11-16(21)12-22-17-7-5-4-6-8-17/h4-8,15-16,21H,9-14H2,1-3H3/t15-,16-,19-/m0/s1. The summed E-state index contributed by atoms with van der Waals surface area (Å²) in [7, 11) is 0. The average Bonchev–Trinajstić information content (AvgIpc) is 2.66. The first kappa shape index (κ1) is 15.8. The third-order valence-electron chi connectivity index (χ3n) is 5.15. The summed E-state index contributed by atoms with van der Waals surface area (Å²) in [6.07, 6.45) is 3.40. The highest BCUT2D eigenvalue weighted by molar-refractivity contribution is 5.20. The SMILES string of the molecule is CC1(C)C[C@H]2C[C@](C)(CN2C[C@H](O)COc2ccccc2)C1. The summed E-state index contributed by atoms with van der Waals surface area (Å²) < 4.78 is 5.68. The summed E-state index contributed by atoms with van der Waals surface area (Å²) in [4.78, 5) is 2.49. The zero-order chi connectivity index (χ0) is 15.8. The number of likely N-dealkylation sites (tertiary alicyclic amines) is 1. The number of aliphatic hydroxyl groups excluding tert-OH is 1. The Hall–Kier alpha value is -1.06. The number of fused-ring (bicyclic) bond motifs is 2. The molecule has 0 spiro atoms. The number of rotatable bonds is 5. The minimum absolute atomic E-state index is 0.368. The van der Waals surface area contributed by atoms with Crippen LogP contribution in [0.25, 0.3) is 0 Å². The highest BCUT2D eigenvalue weighted by Crippen LogP contribution is 2.52. The fourth-order valence-corrected chi connectivity index (χ4v) is 4.82. The van der Waals surface area contributed by atoms with Gasteiger partial charge in [0, 0.05) is 19.1 Å². The molecule has 1 aromatic rings. The maximum atomic E-state index is 10.3. The van der Waals surface area contributed by atoms with E-state index in [1.807, 2.05) is 30.3 Å². The molecule has 1 saturated carbocycles. The molecule has 3 heteroatoms. The van der Waals surface area contributed by atoms with E-state index in [0.29, 0.717) is 23.5 Å². The van der Waals surface area contributed by atoms with Gasteiger partial charge in [-0.3, -0.25) is 4.90 Å². The van der Waals surface area contributed by atoms with Crippen molar-refractivity contribution < 1.29 is 9.84 Å². The fourth-order valence-electron chi connectivity index (χ4n) is 4.82. The van der Waals surface area contributed by atoms with Gasteiger partial charge in [0.15, 0.2) is 0 Å². The molecule has 2 aliphatic rings. The van der Waals surface area contributed by atoms with E-state index in [2.05, 4.69) is 25.7 Å². The number of benzene rings is 1. The molecule has 1 aliphatic carbocycles. The van der Waals surface area contributed by atoms with E-state index in [1.54, 1.807) is 0 Å². The van der Waals surface area contributed by atoms with Gasteiger partial charge >= 0.3 is 0 Å². The van der Waals surface area contributed by atoms with Crippen LogP contribution in [0, 0.1) is 10.8 Å². The molecule has 2 bridgehead atoms. The van der Waals surface area contributed by atoms with Gasteiger partial charge in [-0.15, -0.1) is 0 Å². The van der Waals surface area contributed by atoms with Crippen molar-refractivity contribution in [3.05, 3.63) is 30.3 Å². The molecule has 122 valence electrons. The second kappa shape index (κ2) is 5.86. The first-order valence-electron chi connectivity index (χ1n) is 8.45. The molecule has 1 aromatic carbocycles. The molecule has 3 atom stereocenters. The number of hydrogen-bond acceptors (Lipinski definition) is 3. The quantitative estimate of drug-likeness (QED) is 0.905. The van der Waals surface area contributed by atoms with Gasteiger partial charge in [-0.2, -0.15) is 0 Å². The molecule has 0 unspecified atom stereocenters. The van der Waals surface area contributed by atoms with E-state index in [9.17, 15) is 5.11 Å². The Labute approximate surface area is 134 Å². The third kappa shape index (κ3) is 3.64. The van der Waals surface area contributed by atoms with E-state index < -0.39 is 6.10 Å². The van der Waals surface area contributed by atoms with Crippen molar-refractivity contribution in [2.45, 2.75) is 52.2 Å². The Bertz CT molecular complexity index is 501. The minimum atomic E-state index is -0.425. The number of nitrogens with zero attached hydrogens (tertiary/aromatic N) is 1. The minimum Gasteiger partial charge on any atom is -0.491 e. The summed E-state index contributed by atoms with van der Waals surface area (Å²) in [6, 6.07) is 10.4. The van der Waals surface area contributed by atoms with E-state index in [4.69, 9.17) is 4.74 Å². The van der Waals surface area contributed by atoms with Crippen molar-refractivity contribution in [1.82, 2.24) is 4.90 Å². The van der Waals surface area contributed by atoms with Crippen LogP contribution in [0.2, 0.25) is 0 Å². The lowest BCUT2D eigenvalue weighted by atomic mass is 9.65. The maximum absolute atomic E-state index is 10.3. The number of β-amino-alcohol motifs (C(OH)–C–C–N with tert-alkyl or cyclic N) is 1. The van der Waals surface area contributed by atoms with Gasteiger partial charge in [0.25, 0.3) is 0 Å². The number of para-hydroxylation sites is 1. The smallest absolute Gasteiger partial charge is 0.119 e. The molecule has 0 amide bonds. The molecule has 1 heterocycles. The van der Waals surface area contributed by atoms with Crippen LogP contribution in [0.1, 0.15) is 40.0 Å². The van der Waals surface area contributed by atoms with Crippen LogP contribution in [0.3, 0.4) is 0 Å². The predicted octanol–water partition coefficient (Wildman–Crippen LogP) is 3.33. The molecule has 1 N–H and O–H groups in total. The Balaban J connectivity index is 1.53. The van der Waals surface area contributed by atoms with E-state index >= 15 is 0 Å². The van der Waals surface area contributed by atoms with Crippen LogP contribution in [-0.2, 0) is 0 Å². The average molecular weight is 303 g/mol. The summed E-state index contributed by atoms with van der Waals surface area (Å²) in [5.41, 5.74) is 0.852. The Morgan fingerprint density at radius 1 is 1.23 bits per heavy atom. The fraction of sp³-hybridized carbons (Fsp3) is 0.684. The van der Waals surface area contributed by atoms with Crippen LogP contribution < -0.4 is 4.74 Å². The summed E-state index contributed by atoms with van der Waals surface area (Å²) in [6.45, 7) is 9.39. The largest absolute Gasteiger partial charge is 0.491 e. The first-order chi connectivity index (χ1) is 10.4. The van der Waals surface area contributed by atoms with Gasteiger partial charge in [-0.25, -0.2) is 0 Å².